The summed E-state index contributed by atoms with van der Waals surface area (Å²) in [7, 11) is -0.642. The Morgan fingerprint density at radius 1 is 1.17 bits per heavy atom. The molecule has 16 heteroatoms. The quantitative estimate of drug-likeness (QED) is 0.0595. The Balaban J connectivity index is 1.50. The van der Waals surface area contributed by atoms with Crippen LogP contribution in [0.25, 0.3) is 0 Å². The van der Waals surface area contributed by atoms with Crippen LogP contribution in [0.3, 0.4) is 0 Å². The third kappa shape index (κ3) is 8.71. The van der Waals surface area contributed by atoms with Gasteiger partial charge in [-0.05, 0) is 102 Å². The van der Waals surface area contributed by atoms with Gasteiger partial charge in [0.05, 0.1) is 17.6 Å². The summed E-state index contributed by atoms with van der Waals surface area (Å²) in [6.07, 6.45) is 4.38. The number of nitrogens with zero attached hydrogens (tertiary/aromatic N) is 3. The van der Waals surface area contributed by atoms with Gasteiger partial charge >= 0.3 is 13.2 Å². The number of nitro groups is 1. The standard InChI is InChI=1S/C32H56BN7O8/c1-19(2)16-25(33-47-24-18-20-17-23(31(20,6)7)32(24,8)48-33)37-26(41)21(12-11-14-35-28(34)38-40(44)45)36-27(42)22-13-9-10-15-39(22)29(43)46-30(3,4)5/h19-25H,9-18H2,1-8H3,(H,36,42)(H,37,41)(H3,34,35,38)/t20-,21+,22+,23-,24-,25+,32+/m1/s1. The smallest absolute Gasteiger partial charge is 0.444 e. The first-order valence-corrected chi connectivity index (χ1v) is 17.5. The predicted octanol–water partition coefficient (Wildman–Crippen LogP) is 2.94. The fraction of sp³-hybridized carbons (Fsp3) is 0.875. The number of ether oxygens (including phenoxy) is 1. The van der Waals surface area contributed by atoms with E-state index in [0.717, 1.165) is 25.7 Å². The molecule has 0 aromatic rings. The highest BCUT2D eigenvalue weighted by atomic mass is 16.7. The van der Waals surface area contributed by atoms with Crippen molar-refractivity contribution in [3.05, 3.63) is 10.1 Å². The van der Waals surface area contributed by atoms with Gasteiger partial charge in [-0.1, -0.05) is 33.1 Å². The summed E-state index contributed by atoms with van der Waals surface area (Å²) >= 11 is 0. The Morgan fingerprint density at radius 2 is 1.88 bits per heavy atom. The molecule has 5 fully saturated rings. The third-order valence-corrected chi connectivity index (χ3v) is 10.6. The van der Waals surface area contributed by atoms with E-state index in [-0.39, 0.29) is 36.4 Å². The first-order valence-electron chi connectivity index (χ1n) is 17.5. The maximum atomic E-state index is 14.1. The van der Waals surface area contributed by atoms with E-state index < -0.39 is 59.3 Å². The number of piperidine rings is 1. The molecule has 5 rings (SSSR count). The lowest BCUT2D eigenvalue weighted by Crippen LogP contribution is -2.65. The van der Waals surface area contributed by atoms with Crippen molar-refractivity contribution in [3.63, 3.8) is 0 Å². The fourth-order valence-electron chi connectivity index (χ4n) is 8.00. The number of likely N-dealkylation sites (tertiary alicyclic amines) is 1. The molecule has 2 aliphatic heterocycles. The van der Waals surface area contributed by atoms with E-state index in [9.17, 15) is 24.5 Å². The average Bonchev–Trinajstić information content (AvgIpc) is 3.34. The molecule has 2 bridgehead atoms. The molecule has 270 valence electrons. The van der Waals surface area contributed by atoms with Crippen molar-refractivity contribution < 1.29 is 33.5 Å². The van der Waals surface area contributed by atoms with E-state index in [1.807, 2.05) is 0 Å². The number of carbonyl (C=O) groups is 3. The van der Waals surface area contributed by atoms with E-state index >= 15 is 0 Å². The average molecular weight is 678 g/mol. The Bertz CT molecular complexity index is 1240. The maximum absolute atomic E-state index is 14.1. The van der Waals surface area contributed by atoms with Crippen molar-refractivity contribution >= 4 is 31.0 Å². The second-order valence-corrected chi connectivity index (χ2v) is 16.1. The van der Waals surface area contributed by atoms with Gasteiger partial charge in [-0.15, -0.1) is 0 Å². The van der Waals surface area contributed by atoms with Gasteiger partial charge in [-0.2, -0.15) is 0 Å². The summed E-state index contributed by atoms with van der Waals surface area (Å²) < 4.78 is 18.8. The lowest BCUT2D eigenvalue weighted by atomic mass is 9.43. The van der Waals surface area contributed by atoms with Crippen molar-refractivity contribution in [2.45, 2.75) is 142 Å². The van der Waals surface area contributed by atoms with Crippen LogP contribution in [0.5, 0.6) is 0 Å². The van der Waals surface area contributed by atoms with E-state index in [1.165, 1.54) is 4.90 Å². The summed E-state index contributed by atoms with van der Waals surface area (Å²) in [5.74, 6) is -0.527. The molecule has 0 radical (unpaired) electrons. The normalized spacial score (nSPS) is 29.3. The second kappa shape index (κ2) is 14.8. The van der Waals surface area contributed by atoms with Crippen molar-refractivity contribution in [2.24, 2.45) is 33.9 Å². The van der Waals surface area contributed by atoms with Crippen LogP contribution in [0.4, 0.5) is 4.79 Å². The first-order chi connectivity index (χ1) is 22.3. The zero-order chi connectivity index (χ0) is 35.6. The van der Waals surface area contributed by atoms with Crippen molar-refractivity contribution in [3.8, 4) is 0 Å². The number of aliphatic imine (C=N–C) groups is 1. The molecular formula is C32H56BN7O8. The van der Waals surface area contributed by atoms with Crippen LogP contribution in [0.15, 0.2) is 4.99 Å². The minimum absolute atomic E-state index is 0.0532. The molecule has 2 saturated heterocycles. The summed E-state index contributed by atoms with van der Waals surface area (Å²) in [4.78, 5) is 56.9. The minimum atomic E-state index is -0.986. The van der Waals surface area contributed by atoms with Gasteiger partial charge in [0.1, 0.15) is 17.7 Å². The molecule has 48 heavy (non-hydrogen) atoms. The molecular weight excluding hydrogens is 621 g/mol. The van der Waals surface area contributed by atoms with E-state index in [2.05, 4.69) is 50.2 Å². The van der Waals surface area contributed by atoms with Gasteiger partial charge < -0.3 is 30.4 Å². The summed E-state index contributed by atoms with van der Waals surface area (Å²) in [5, 5.41) is 15.9. The zero-order valence-electron chi connectivity index (χ0n) is 29.9. The Hall–Kier alpha value is -3.14. The highest BCUT2D eigenvalue weighted by Gasteiger charge is 2.68. The lowest BCUT2D eigenvalue weighted by Gasteiger charge is -2.64. The van der Waals surface area contributed by atoms with Crippen LogP contribution < -0.4 is 21.8 Å². The number of hydrogen-bond acceptors (Lipinski definition) is 9. The predicted molar refractivity (Wildman–Crippen MR) is 180 cm³/mol. The fourth-order valence-corrected chi connectivity index (χ4v) is 8.00. The van der Waals surface area contributed by atoms with Crippen molar-refractivity contribution in [1.82, 2.24) is 21.0 Å². The van der Waals surface area contributed by atoms with Gasteiger partial charge in [-0.3, -0.25) is 14.5 Å². The molecule has 0 aromatic carbocycles. The molecule has 3 amide bonds. The third-order valence-electron chi connectivity index (χ3n) is 10.6. The highest BCUT2D eigenvalue weighted by molar-refractivity contribution is 6.48. The van der Waals surface area contributed by atoms with Gasteiger partial charge in [0.15, 0.2) is 5.03 Å². The van der Waals surface area contributed by atoms with Gasteiger partial charge in [0.25, 0.3) is 5.96 Å². The molecule has 0 aromatic heterocycles. The minimum Gasteiger partial charge on any atom is -0.444 e. The first kappa shape index (κ1) is 37.7. The molecule has 5 aliphatic rings. The van der Waals surface area contributed by atoms with Gasteiger partial charge in [0.2, 0.25) is 11.8 Å². The molecule has 7 atom stereocenters. The van der Waals surface area contributed by atoms with Crippen LogP contribution in [0.1, 0.15) is 107 Å². The molecule has 5 N–H and O–H groups in total. The summed E-state index contributed by atoms with van der Waals surface area (Å²) in [6.45, 7) is 16.6. The number of rotatable bonds is 12. The zero-order valence-corrected chi connectivity index (χ0v) is 29.9. The molecule has 0 unspecified atom stereocenters. The number of guanidine groups is 1. The van der Waals surface area contributed by atoms with Crippen LogP contribution >= 0.6 is 0 Å². The van der Waals surface area contributed by atoms with E-state index in [4.69, 9.17) is 19.8 Å². The number of nitrogens with two attached hydrogens (primary N) is 1. The number of hydrogen-bond donors (Lipinski definition) is 4. The number of amides is 3. The molecule has 2 heterocycles. The van der Waals surface area contributed by atoms with Crippen molar-refractivity contribution in [1.29, 1.82) is 0 Å². The highest BCUT2D eigenvalue weighted by Crippen LogP contribution is 2.65. The largest absolute Gasteiger partial charge is 0.481 e. The van der Waals surface area contributed by atoms with Gasteiger partial charge in [-0.25, -0.2) is 19.9 Å². The van der Waals surface area contributed by atoms with Crippen LogP contribution in [0.2, 0.25) is 0 Å². The lowest BCUT2D eigenvalue weighted by molar-refractivity contribution is -0.525. The Morgan fingerprint density at radius 3 is 2.50 bits per heavy atom. The molecule has 3 saturated carbocycles. The van der Waals surface area contributed by atoms with Gasteiger partial charge in [0, 0.05) is 13.1 Å². The number of nitrogens with one attached hydrogen (secondary N) is 3. The molecule has 3 aliphatic carbocycles. The molecule has 15 nitrogen and oxygen atoms in total. The number of hydrazine groups is 1. The maximum Gasteiger partial charge on any atom is 0.481 e. The summed E-state index contributed by atoms with van der Waals surface area (Å²) in [6, 6.07) is -1.78. The Labute approximate surface area is 284 Å². The SMILES string of the molecule is CC(C)C[C@H](NC(=O)[C@H](CCCN=C(N)N[N+](=O)[O-])NC(=O)[C@@H]1CCCCN1C(=O)OC(C)(C)C)B1O[C@@H]2C[C@H]3C[C@H](C3(C)C)[C@]2(C)O1. The van der Waals surface area contributed by atoms with Crippen molar-refractivity contribution in [2.75, 3.05) is 13.1 Å². The Kier molecular flexibility index (Phi) is 11.6. The second-order valence-electron chi connectivity index (χ2n) is 16.1. The summed E-state index contributed by atoms with van der Waals surface area (Å²) in [5.41, 5.74) is 6.35. The molecule has 0 spiro atoms. The topological polar surface area (TPSA) is 200 Å². The monoisotopic (exact) mass is 677 g/mol. The number of carbonyl (C=O) groups excluding carboxylic acids is 3. The van der Waals surface area contributed by atoms with Crippen LogP contribution in [-0.2, 0) is 23.6 Å². The van der Waals surface area contributed by atoms with E-state index in [1.54, 1.807) is 26.2 Å². The van der Waals surface area contributed by atoms with Crippen LogP contribution in [-0.4, -0.2) is 89.3 Å². The van der Waals surface area contributed by atoms with Crippen LogP contribution in [0, 0.1) is 33.3 Å². The van der Waals surface area contributed by atoms with E-state index in [0.29, 0.717) is 37.6 Å².